The number of rotatable bonds is 5. The normalized spacial score (nSPS) is 10.9. The highest BCUT2D eigenvalue weighted by molar-refractivity contribution is 5.35. The Kier molecular flexibility index (Phi) is 4.78. The summed E-state index contributed by atoms with van der Waals surface area (Å²) in [5.74, 6) is 0. The topological polar surface area (TPSA) is 74.9 Å². The molecular weight excluding hydrogens is 352 g/mol. The fourth-order valence-corrected chi connectivity index (χ4v) is 3.17. The van der Waals surface area contributed by atoms with E-state index in [0.717, 1.165) is 11.1 Å². The number of nitrogens with two attached hydrogens (primary N) is 1. The van der Waals surface area contributed by atoms with Crippen LogP contribution in [-0.2, 0) is 13.1 Å². The molecule has 0 radical (unpaired) electrons. The molecule has 1 heterocycles. The van der Waals surface area contributed by atoms with E-state index in [1.165, 1.54) is 13.9 Å². The average molecular weight is 372 g/mol. The molecule has 0 aliphatic rings. The number of para-hydroxylation sites is 2. The lowest BCUT2D eigenvalue weighted by atomic mass is 10.1. The van der Waals surface area contributed by atoms with Crippen molar-refractivity contribution in [2.45, 2.75) is 13.1 Å². The van der Waals surface area contributed by atoms with Gasteiger partial charge in [-0.15, -0.1) is 0 Å². The molecule has 0 spiro atoms. The summed E-state index contributed by atoms with van der Waals surface area (Å²) in [6, 6.07) is 25.9. The van der Waals surface area contributed by atoms with E-state index in [1.54, 1.807) is 24.3 Å². The fourth-order valence-electron chi connectivity index (χ4n) is 3.17. The minimum absolute atomic E-state index is 0.190. The Hall–Kier alpha value is -3.64. The van der Waals surface area contributed by atoms with Crippen LogP contribution in [0.2, 0.25) is 0 Å². The van der Waals surface area contributed by atoms with Crippen molar-refractivity contribution < 1.29 is 0 Å². The summed E-state index contributed by atoms with van der Waals surface area (Å²) in [7, 11) is 0. The van der Waals surface area contributed by atoms with Gasteiger partial charge in [0.1, 0.15) is 0 Å². The first-order valence-electron chi connectivity index (χ1n) is 9.02. The zero-order valence-corrected chi connectivity index (χ0v) is 15.2. The van der Waals surface area contributed by atoms with Gasteiger partial charge in [-0.25, -0.2) is 14.2 Å². The molecule has 28 heavy (non-hydrogen) atoms. The Morgan fingerprint density at radius 3 is 1.46 bits per heavy atom. The molecule has 0 amide bonds. The van der Waals surface area contributed by atoms with Gasteiger partial charge in [0.05, 0.1) is 17.9 Å². The van der Waals surface area contributed by atoms with Crippen molar-refractivity contribution in [1.29, 1.82) is 0 Å². The van der Waals surface area contributed by atoms with Crippen LogP contribution in [0.5, 0.6) is 0 Å². The van der Waals surface area contributed by atoms with Crippen molar-refractivity contribution in [1.82, 2.24) is 13.9 Å². The Morgan fingerprint density at radius 1 is 0.607 bits per heavy atom. The molecule has 0 saturated heterocycles. The zero-order valence-electron chi connectivity index (χ0n) is 15.2. The SMILES string of the molecule is NCc1ccc(Cn2c(=O)n(-c3ccccc3)n(-c3ccccc3)c2=O)cc1. The van der Waals surface area contributed by atoms with Crippen LogP contribution in [0, 0.1) is 0 Å². The number of aromatic nitrogens is 3. The van der Waals surface area contributed by atoms with Gasteiger partial charge >= 0.3 is 11.4 Å². The molecule has 0 saturated carbocycles. The summed E-state index contributed by atoms with van der Waals surface area (Å²) >= 11 is 0. The molecule has 140 valence electrons. The molecule has 4 rings (SSSR count). The van der Waals surface area contributed by atoms with Gasteiger partial charge in [-0.2, -0.15) is 9.36 Å². The molecule has 0 unspecified atom stereocenters. The number of hydrogen-bond donors (Lipinski definition) is 1. The number of nitrogens with zero attached hydrogens (tertiary/aromatic N) is 3. The van der Waals surface area contributed by atoms with Gasteiger partial charge in [0.15, 0.2) is 0 Å². The van der Waals surface area contributed by atoms with Gasteiger partial charge in [0, 0.05) is 6.54 Å². The maximum atomic E-state index is 13.2. The van der Waals surface area contributed by atoms with E-state index in [2.05, 4.69) is 0 Å². The van der Waals surface area contributed by atoms with Crippen LogP contribution in [0.4, 0.5) is 0 Å². The van der Waals surface area contributed by atoms with Crippen molar-refractivity contribution in [2.75, 3.05) is 0 Å². The van der Waals surface area contributed by atoms with Crippen LogP contribution in [-0.4, -0.2) is 13.9 Å². The predicted octanol–water partition coefficient (Wildman–Crippen LogP) is 2.30. The van der Waals surface area contributed by atoms with Crippen molar-refractivity contribution in [3.05, 3.63) is 117 Å². The van der Waals surface area contributed by atoms with E-state index in [1.807, 2.05) is 60.7 Å². The predicted molar refractivity (Wildman–Crippen MR) is 109 cm³/mol. The standard InChI is InChI=1S/C22H20N4O2/c23-15-17-11-13-18(14-12-17)16-24-21(27)25(19-7-3-1-4-8-19)26(22(24)28)20-9-5-2-6-10-20/h1-14H,15-16,23H2. The molecule has 0 fully saturated rings. The van der Waals surface area contributed by atoms with Crippen molar-refractivity contribution in [3.8, 4) is 11.4 Å². The summed E-state index contributed by atoms with van der Waals surface area (Å²) in [4.78, 5) is 26.4. The highest BCUT2D eigenvalue weighted by atomic mass is 16.2. The first-order valence-corrected chi connectivity index (χ1v) is 9.02. The van der Waals surface area contributed by atoms with Gasteiger partial charge in [-0.1, -0.05) is 60.7 Å². The molecule has 0 atom stereocenters. The van der Waals surface area contributed by atoms with Gasteiger partial charge in [-0.3, -0.25) is 0 Å². The first kappa shape index (κ1) is 17.8. The molecule has 0 bridgehead atoms. The van der Waals surface area contributed by atoms with E-state index >= 15 is 0 Å². The van der Waals surface area contributed by atoms with Crippen molar-refractivity contribution >= 4 is 0 Å². The summed E-state index contributed by atoms with van der Waals surface area (Å²) in [5, 5.41) is 0. The minimum atomic E-state index is -0.386. The van der Waals surface area contributed by atoms with E-state index in [4.69, 9.17) is 5.73 Å². The largest absolute Gasteiger partial charge is 0.352 e. The van der Waals surface area contributed by atoms with E-state index in [0.29, 0.717) is 17.9 Å². The van der Waals surface area contributed by atoms with Gasteiger partial charge in [0.2, 0.25) is 0 Å². The van der Waals surface area contributed by atoms with E-state index in [9.17, 15) is 9.59 Å². The molecule has 6 nitrogen and oxygen atoms in total. The molecule has 3 aromatic carbocycles. The smallest absolute Gasteiger partial charge is 0.326 e. The summed E-state index contributed by atoms with van der Waals surface area (Å²) in [6.45, 7) is 0.639. The van der Waals surface area contributed by atoms with Crippen LogP contribution in [0.25, 0.3) is 11.4 Å². The average Bonchev–Trinajstić information content (AvgIpc) is 3.00. The van der Waals surface area contributed by atoms with Crippen molar-refractivity contribution in [2.24, 2.45) is 5.73 Å². The summed E-state index contributed by atoms with van der Waals surface area (Å²) in [6.07, 6.45) is 0. The van der Waals surface area contributed by atoms with Crippen LogP contribution in [0.15, 0.2) is 94.5 Å². The molecule has 2 N–H and O–H groups in total. The van der Waals surface area contributed by atoms with Crippen LogP contribution < -0.4 is 17.1 Å². The third kappa shape index (κ3) is 3.21. The zero-order chi connectivity index (χ0) is 19.5. The monoisotopic (exact) mass is 372 g/mol. The quantitative estimate of drug-likeness (QED) is 0.584. The number of benzene rings is 3. The van der Waals surface area contributed by atoms with Crippen LogP contribution >= 0.6 is 0 Å². The maximum absolute atomic E-state index is 13.2. The van der Waals surface area contributed by atoms with Gasteiger partial charge in [0.25, 0.3) is 0 Å². The lowest BCUT2D eigenvalue weighted by molar-refractivity contribution is 0.706. The Morgan fingerprint density at radius 2 is 1.04 bits per heavy atom. The van der Waals surface area contributed by atoms with Crippen molar-refractivity contribution in [3.63, 3.8) is 0 Å². The molecule has 6 heteroatoms. The Balaban J connectivity index is 1.89. The lowest BCUT2D eigenvalue weighted by Crippen LogP contribution is -2.29. The maximum Gasteiger partial charge on any atom is 0.352 e. The lowest BCUT2D eigenvalue weighted by Gasteiger charge is -2.08. The second-order valence-electron chi connectivity index (χ2n) is 6.47. The molecule has 4 aromatic rings. The highest BCUT2D eigenvalue weighted by Gasteiger charge is 2.18. The second kappa shape index (κ2) is 7.54. The van der Waals surface area contributed by atoms with Gasteiger partial charge in [-0.05, 0) is 35.4 Å². The van der Waals surface area contributed by atoms with Crippen LogP contribution in [0.1, 0.15) is 11.1 Å². The Labute approximate surface area is 161 Å². The first-order chi connectivity index (χ1) is 13.7. The van der Waals surface area contributed by atoms with Crippen LogP contribution in [0.3, 0.4) is 0 Å². The highest BCUT2D eigenvalue weighted by Crippen LogP contribution is 2.10. The number of hydrogen-bond acceptors (Lipinski definition) is 3. The molecular formula is C22H20N4O2. The Bertz CT molecular complexity index is 1120. The summed E-state index contributed by atoms with van der Waals surface area (Å²) in [5.41, 5.74) is 7.99. The van der Waals surface area contributed by atoms with Gasteiger partial charge < -0.3 is 5.73 Å². The fraction of sp³-hybridized carbons (Fsp3) is 0.0909. The third-order valence-corrected chi connectivity index (χ3v) is 4.63. The summed E-state index contributed by atoms with van der Waals surface area (Å²) < 4.78 is 4.06. The molecule has 1 aromatic heterocycles. The van der Waals surface area contributed by atoms with E-state index < -0.39 is 0 Å². The third-order valence-electron chi connectivity index (χ3n) is 4.63. The minimum Gasteiger partial charge on any atom is -0.326 e. The second-order valence-corrected chi connectivity index (χ2v) is 6.47. The molecule has 0 aliphatic carbocycles. The van der Waals surface area contributed by atoms with E-state index in [-0.39, 0.29) is 17.9 Å². The molecule has 0 aliphatic heterocycles.